The predicted octanol–water partition coefficient (Wildman–Crippen LogP) is 4.56. The molecule has 0 aliphatic carbocycles. The van der Waals surface area contributed by atoms with E-state index < -0.39 is 11.7 Å². The Kier molecular flexibility index (Phi) is 6.24. The number of hydrogen-bond acceptors (Lipinski definition) is 1. The fourth-order valence-corrected chi connectivity index (χ4v) is 2.05. The van der Waals surface area contributed by atoms with Gasteiger partial charge in [0.25, 0.3) is 0 Å². The van der Waals surface area contributed by atoms with Gasteiger partial charge in [0.2, 0.25) is 0 Å². The van der Waals surface area contributed by atoms with Crippen LogP contribution in [0.1, 0.15) is 11.1 Å². The average molecular weight is 316 g/mol. The summed E-state index contributed by atoms with van der Waals surface area (Å²) in [6.45, 7) is 0.839. The largest absolute Gasteiger partial charge is 0.416 e. The molecule has 0 bridgehead atoms. The third-order valence-corrected chi connectivity index (χ3v) is 3.11. The smallest absolute Gasteiger partial charge is 0.319 e. The van der Waals surface area contributed by atoms with E-state index in [0.29, 0.717) is 5.56 Å². The molecule has 0 spiro atoms. The number of hydrogen-bond donors (Lipinski definition) is 1. The molecule has 2 aromatic carbocycles. The van der Waals surface area contributed by atoms with Crippen molar-refractivity contribution in [2.75, 3.05) is 13.6 Å². The van der Waals surface area contributed by atoms with Gasteiger partial charge in [0, 0.05) is 0 Å². The lowest BCUT2D eigenvalue weighted by Gasteiger charge is -2.10. The van der Waals surface area contributed by atoms with Gasteiger partial charge >= 0.3 is 6.18 Å². The third-order valence-electron chi connectivity index (χ3n) is 3.11. The molecule has 0 unspecified atom stereocenters. The minimum Gasteiger partial charge on any atom is -0.319 e. The van der Waals surface area contributed by atoms with Gasteiger partial charge < -0.3 is 5.32 Å². The molecule has 0 fully saturated rings. The monoisotopic (exact) mass is 315 g/mol. The summed E-state index contributed by atoms with van der Waals surface area (Å²) in [5, 5.41) is 3.06. The van der Waals surface area contributed by atoms with Gasteiger partial charge in [0.1, 0.15) is 0 Å². The molecule has 2 aromatic rings. The summed E-state index contributed by atoms with van der Waals surface area (Å²) >= 11 is 0. The van der Waals surface area contributed by atoms with Crippen LogP contribution in [0.4, 0.5) is 13.2 Å². The van der Waals surface area contributed by atoms with E-state index in [9.17, 15) is 13.2 Å². The lowest BCUT2D eigenvalue weighted by atomic mass is 10.00. The van der Waals surface area contributed by atoms with Crippen molar-refractivity contribution in [3.63, 3.8) is 0 Å². The molecule has 114 valence electrons. The number of benzene rings is 2. The fourth-order valence-electron chi connectivity index (χ4n) is 2.05. The maximum atomic E-state index is 12.7. The lowest BCUT2D eigenvalue weighted by molar-refractivity contribution is -0.137. The highest BCUT2D eigenvalue weighted by atomic mass is 35.5. The molecule has 0 aliphatic rings. The Hall–Kier alpha value is -1.52. The Labute approximate surface area is 128 Å². The van der Waals surface area contributed by atoms with Crippen molar-refractivity contribution in [1.82, 2.24) is 5.32 Å². The summed E-state index contributed by atoms with van der Waals surface area (Å²) in [6, 6.07) is 13.1. The van der Waals surface area contributed by atoms with Crippen LogP contribution in [0.5, 0.6) is 0 Å². The second-order valence-electron chi connectivity index (χ2n) is 4.63. The zero-order chi connectivity index (χ0) is 14.6. The van der Waals surface area contributed by atoms with Crippen molar-refractivity contribution >= 4 is 12.4 Å². The Morgan fingerprint density at radius 2 is 1.57 bits per heavy atom. The molecule has 1 N–H and O–H groups in total. The lowest BCUT2D eigenvalue weighted by Crippen LogP contribution is -2.10. The third kappa shape index (κ3) is 4.76. The number of nitrogens with one attached hydrogen (secondary N) is 1. The first-order chi connectivity index (χ1) is 9.50. The molecule has 0 aromatic heterocycles. The fraction of sp³-hybridized carbons (Fsp3) is 0.250. The molecule has 0 radical (unpaired) electrons. The first-order valence-electron chi connectivity index (χ1n) is 6.42. The quantitative estimate of drug-likeness (QED) is 0.872. The maximum absolute atomic E-state index is 12.7. The molecular formula is C16H17ClF3N. The first kappa shape index (κ1) is 17.5. The highest BCUT2D eigenvalue weighted by Crippen LogP contribution is 2.32. The Bertz CT molecular complexity index is 582. The second-order valence-corrected chi connectivity index (χ2v) is 4.63. The van der Waals surface area contributed by atoms with Crippen LogP contribution < -0.4 is 5.32 Å². The molecule has 0 amide bonds. The van der Waals surface area contributed by atoms with E-state index in [1.54, 1.807) is 6.07 Å². The van der Waals surface area contributed by atoms with E-state index in [0.717, 1.165) is 30.2 Å². The molecular weight excluding hydrogens is 299 g/mol. The summed E-state index contributed by atoms with van der Waals surface area (Å²) in [5.41, 5.74) is 1.89. The number of alkyl halides is 3. The molecule has 0 heterocycles. The van der Waals surface area contributed by atoms with Crippen LogP contribution in [0.2, 0.25) is 0 Å². The van der Waals surface area contributed by atoms with Crippen molar-refractivity contribution < 1.29 is 13.2 Å². The SMILES string of the molecule is CNCCc1cccc(-c2cccc(C(F)(F)F)c2)c1.Cl. The van der Waals surface area contributed by atoms with Crippen LogP contribution in [0.3, 0.4) is 0 Å². The topological polar surface area (TPSA) is 12.0 Å². The van der Waals surface area contributed by atoms with Crippen molar-refractivity contribution in [3.8, 4) is 11.1 Å². The van der Waals surface area contributed by atoms with E-state index in [4.69, 9.17) is 0 Å². The van der Waals surface area contributed by atoms with Crippen LogP contribution in [-0.4, -0.2) is 13.6 Å². The Morgan fingerprint density at radius 3 is 2.19 bits per heavy atom. The molecule has 1 nitrogen and oxygen atoms in total. The van der Waals surface area contributed by atoms with Gasteiger partial charge in [-0.1, -0.05) is 36.4 Å². The number of likely N-dealkylation sites (N-methyl/N-ethyl adjacent to an activating group) is 1. The standard InChI is InChI=1S/C16H16F3N.ClH/c1-20-9-8-12-4-2-5-13(10-12)14-6-3-7-15(11-14)16(17,18)19;/h2-7,10-11,20H,8-9H2,1H3;1H. The molecule has 0 saturated heterocycles. The van der Waals surface area contributed by atoms with Gasteiger partial charge in [-0.3, -0.25) is 0 Å². The summed E-state index contributed by atoms with van der Waals surface area (Å²) in [6.07, 6.45) is -3.46. The molecule has 0 saturated carbocycles. The molecule has 21 heavy (non-hydrogen) atoms. The Morgan fingerprint density at radius 1 is 0.952 bits per heavy atom. The second kappa shape index (κ2) is 7.48. The van der Waals surface area contributed by atoms with Gasteiger partial charge in [0.15, 0.2) is 0 Å². The van der Waals surface area contributed by atoms with Crippen LogP contribution in [-0.2, 0) is 12.6 Å². The number of rotatable bonds is 4. The summed E-state index contributed by atoms with van der Waals surface area (Å²) < 4.78 is 38.2. The van der Waals surface area contributed by atoms with Crippen molar-refractivity contribution in [3.05, 3.63) is 59.7 Å². The normalized spacial score (nSPS) is 11.0. The first-order valence-corrected chi connectivity index (χ1v) is 6.42. The predicted molar refractivity (Wildman–Crippen MR) is 81.8 cm³/mol. The number of halogens is 4. The van der Waals surface area contributed by atoms with Crippen molar-refractivity contribution in [2.24, 2.45) is 0 Å². The minimum atomic E-state index is -4.31. The zero-order valence-electron chi connectivity index (χ0n) is 11.6. The average Bonchev–Trinajstić information content (AvgIpc) is 2.45. The van der Waals surface area contributed by atoms with E-state index in [1.165, 1.54) is 12.1 Å². The van der Waals surface area contributed by atoms with Gasteiger partial charge in [-0.15, -0.1) is 12.4 Å². The van der Waals surface area contributed by atoms with Gasteiger partial charge in [-0.25, -0.2) is 0 Å². The van der Waals surface area contributed by atoms with Gasteiger partial charge in [0.05, 0.1) is 5.56 Å². The molecule has 2 rings (SSSR count). The van der Waals surface area contributed by atoms with Gasteiger partial charge in [-0.05, 0) is 48.8 Å². The molecule has 5 heteroatoms. The van der Waals surface area contributed by atoms with Crippen LogP contribution in [0, 0.1) is 0 Å². The van der Waals surface area contributed by atoms with E-state index >= 15 is 0 Å². The summed E-state index contributed by atoms with van der Waals surface area (Å²) in [7, 11) is 1.87. The van der Waals surface area contributed by atoms with Crippen molar-refractivity contribution in [2.45, 2.75) is 12.6 Å². The van der Waals surface area contributed by atoms with E-state index in [2.05, 4.69) is 5.32 Å². The van der Waals surface area contributed by atoms with E-state index in [1.807, 2.05) is 31.3 Å². The van der Waals surface area contributed by atoms with Crippen LogP contribution in [0.15, 0.2) is 48.5 Å². The van der Waals surface area contributed by atoms with E-state index in [-0.39, 0.29) is 12.4 Å². The molecule has 0 atom stereocenters. The highest BCUT2D eigenvalue weighted by Gasteiger charge is 2.30. The van der Waals surface area contributed by atoms with Crippen LogP contribution >= 0.6 is 12.4 Å². The summed E-state index contributed by atoms with van der Waals surface area (Å²) in [5.74, 6) is 0. The maximum Gasteiger partial charge on any atom is 0.416 e. The van der Waals surface area contributed by atoms with Crippen LogP contribution in [0.25, 0.3) is 11.1 Å². The Balaban J connectivity index is 0.00000220. The summed E-state index contributed by atoms with van der Waals surface area (Å²) in [4.78, 5) is 0. The highest BCUT2D eigenvalue weighted by molar-refractivity contribution is 5.85. The molecule has 0 aliphatic heterocycles. The zero-order valence-corrected chi connectivity index (χ0v) is 12.4. The minimum absolute atomic E-state index is 0. The van der Waals surface area contributed by atoms with Gasteiger partial charge in [-0.2, -0.15) is 13.2 Å². The van der Waals surface area contributed by atoms with Crippen molar-refractivity contribution in [1.29, 1.82) is 0 Å².